The molecule has 2 saturated heterocycles. The molecule has 3 aromatic carbocycles. The number of rotatable bonds is 10. The molecule has 222 valence electrons. The van der Waals surface area contributed by atoms with E-state index < -0.39 is 5.82 Å². The van der Waals surface area contributed by atoms with Crippen molar-refractivity contribution in [1.82, 2.24) is 10.2 Å². The second kappa shape index (κ2) is 14.2. The van der Waals surface area contributed by atoms with Gasteiger partial charge in [0.05, 0.1) is 31.6 Å². The molecular formula is C32H38FN5O4. The molecule has 0 aromatic heterocycles. The highest BCUT2D eigenvalue weighted by atomic mass is 19.1. The Morgan fingerprint density at radius 3 is 2.26 bits per heavy atom. The van der Waals surface area contributed by atoms with Crippen LogP contribution in [0.2, 0.25) is 0 Å². The maximum absolute atomic E-state index is 13.5. The topological polar surface area (TPSA) is 86.4 Å². The first-order valence-corrected chi connectivity index (χ1v) is 14.4. The molecule has 2 fully saturated rings. The zero-order valence-corrected chi connectivity index (χ0v) is 24.0. The fourth-order valence-corrected chi connectivity index (χ4v) is 5.38. The van der Waals surface area contributed by atoms with Crippen LogP contribution in [0.3, 0.4) is 0 Å². The Kier molecular flexibility index (Phi) is 9.89. The molecule has 2 amide bonds. The van der Waals surface area contributed by atoms with Crippen LogP contribution < -0.4 is 25.2 Å². The van der Waals surface area contributed by atoms with Gasteiger partial charge in [0, 0.05) is 62.8 Å². The van der Waals surface area contributed by atoms with E-state index in [1.54, 1.807) is 19.2 Å². The highest BCUT2D eigenvalue weighted by Gasteiger charge is 2.24. The van der Waals surface area contributed by atoms with E-state index in [1.807, 2.05) is 24.3 Å². The molecule has 0 spiro atoms. The van der Waals surface area contributed by atoms with E-state index in [9.17, 15) is 14.0 Å². The number of nitrogens with zero attached hydrogens (tertiary/aromatic N) is 3. The number of hydrogen-bond acceptors (Lipinski definition) is 7. The van der Waals surface area contributed by atoms with Crippen LogP contribution in [0.15, 0.2) is 66.7 Å². The smallest absolute Gasteiger partial charge is 0.255 e. The normalized spacial score (nSPS) is 15.8. The lowest BCUT2D eigenvalue weighted by Gasteiger charge is -2.38. The van der Waals surface area contributed by atoms with Crippen LogP contribution in [0.5, 0.6) is 5.75 Å². The summed E-state index contributed by atoms with van der Waals surface area (Å²) in [5.74, 6) is -0.124. The minimum absolute atomic E-state index is 0.183. The zero-order valence-electron chi connectivity index (χ0n) is 24.0. The fourth-order valence-electron chi connectivity index (χ4n) is 5.38. The van der Waals surface area contributed by atoms with Crippen molar-refractivity contribution in [2.75, 3.05) is 87.8 Å². The third kappa shape index (κ3) is 7.37. The van der Waals surface area contributed by atoms with E-state index in [2.05, 4.69) is 31.4 Å². The minimum atomic E-state index is -0.408. The van der Waals surface area contributed by atoms with Gasteiger partial charge in [-0.2, -0.15) is 0 Å². The first-order valence-electron chi connectivity index (χ1n) is 14.4. The van der Waals surface area contributed by atoms with Crippen LogP contribution >= 0.6 is 0 Å². The van der Waals surface area contributed by atoms with Gasteiger partial charge in [-0.3, -0.25) is 14.5 Å². The van der Waals surface area contributed by atoms with Gasteiger partial charge in [-0.15, -0.1) is 0 Å². The number of methoxy groups -OCH3 is 1. The Bertz CT molecular complexity index is 1360. The van der Waals surface area contributed by atoms with Gasteiger partial charge < -0.3 is 29.9 Å². The van der Waals surface area contributed by atoms with Gasteiger partial charge in [0.2, 0.25) is 0 Å². The van der Waals surface area contributed by atoms with Crippen molar-refractivity contribution in [1.29, 1.82) is 0 Å². The van der Waals surface area contributed by atoms with Crippen LogP contribution in [-0.4, -0.2) is 89.4 Å². The van der Waals surface area contributed by atoms with Crippen LogP contribution in [0, 0.1) is 5.82 Å². The molecule has 3 aromatic rings. The van der Waals surface area contributed by atoms with Crippen molar-refractivity contribution < 1.29 is 23.5 Å². The summed E-state index contributed by atoms with van der Waals surface area (Å²) in [6.45, 7) is 7.73. The van der Waals surface area contributed by atoms with Gasteiger partial charge in [-0.25, -0.2) is 4.39 Å². The third-order valence-electron chi connectivity index (χ3n) is 7.69. The van der Waals surface area contributed by atoms with Gasteiger partial charge in [0.15, 0.2) is 0 Å². The number of ether oxygens (including phenoxy) is 2. The predicted molar refractivity (Wildman–Crippen MR) is 162 cm³/mol. The molecule has 0 saturated carbocycles. The zero-order chi connectivity index (χ0) is 29.3. The van der Waals surface area contributed by atoms with Crippen molar-refractivity contribution in [3.63, 3.8) is 0 Å². The monoisotopic (exact) mass is 575 g/mol. The molecule has 0 unspecified atom stereocenters. The first kappa shape index (κ1) is 29.3. The number of nitrogens with one attached hydrogen (secondary N) is 2. The molecule has 9 nitrogen and oxygen atoms in total. The summed E-state index contributed by atoms with van der Waals surface area (Å²) >= 11 is 0. The molecule has 0 bridgehead atoms. The highest BCUT2D eigenvalue weighted by molar-refractivity contribution is 6.06. The number of benzene rings is 3. The second-order valence-corrected chi connectivity index (χ2v) is 10.4. The summed E-state index contributed by atoms with van der Waals surface area (Å²) in [4.78, 5) is 33.2. The first-order chi connectivity index (χ1) is 20.5. The summed E-state index contributed by atoms with van der Waals surface area (Å²) in [6, 6.07) is 18.8. The van der Waals surface area contributed by atoms with Crippen molar-refractivity contribution in [3.05, 3.63) is 83.7 Å². The lowest BCUT2D eigenvalue weighted by atomic mass is 10.1. The largest absolute Gasteiger partial charge is 0.495 e. The van der Waals surface area contributed by atoms with Crippen LogP contribution in [0.25, 0.3) is 0 Å². The number of carbonyl (C=O) groups is 2. The Morgan fingerprint density at radius 2 is 1.55 bits per heavy atom. The van der Waals surface area contributed by atoms with Crippen molar-refractivity contribution >= 4 is 28.9 Å². The highest BCUT2D eigenvalue weighted by Crippen LogP contribution is 2.31. The minimum Gasteiger partial charge on any atom is -0.495 e. The Morgan fingerprint density at radius 1 is 0.857 bits per heavy atom. The molecule has 0 aliphatic carbocycles. The third-order valence-corrected chi connectivity index (χ3v) is 7.69. The average Bonchev–Trinajstić information content (AvgIpc) is 3.04. The van der Waals surface area contributed by atoms with Gasteiger partial charge >= 0.3 is 0 Å². The summed E-state index contributed by atoms with van der Waals surface area (Å²) in [5, 5.41) is 5.94. The Hall–Kier alpha value is -4.15. The molecule has 2 aliphatic heterocycles. The molecular weight excluding hydrogens is 537 g/mol. The van der Waals surface area contributed by atoms with E-state index in [0.29, 0.717) is 23.4 Å². The molecule has 42 heavy (non-hydrogen) atoms. The summed E-state index contributed by atoms with van der Waals surface area (Å²) in [6.07, 6.45) is 0.833. The quantitative estimate of drug-likeness (QED) is 0.355. The van der Waals surface area contributed by atoms with Gasteiger partial charge in [-0.05, 0) is 67.6 Å². The van der Waals surface area contributed by atoms with Crippen LogP contribution in [-0.2, 0) is 4.74 Å². The molecule has 2 aliphatic rings. The van der Waals surface area contributed by atoms with Crippen LogP contribution in [0.4, 0.5) is 21.5 Å². The number of halogens is 1. The summed E-state index contributed by atoms with van der Waals surface area (Å²) < 4.78 is 24.3. The molecule has 2 heterocycles. The lowest BCUT2D eigenvalue weighted by molar-refractivity contribution is 0.0374. The second-order valence-electron chi connectivity index (χ2n) is 10.4. The number of morpholine rings is 1. The molecule has 5 rings (SSSR count). The van der Waals surface area contributed by atoms with E-state index in [1.165, 1.54) is 24.3 Å². The number of piperazine rings is 1. The van der Waals surface area contributed by atoms with E-state index in [0.717, 1.165) is 82.6 Å². The average molecular weight is 576 g/mol. The summed E-state index contributed by atoms with van der Waals surface area (Å²) in [7, 11) is 1.68. The number of hydrogen-bond donors (Lipinski definition) is 2. The van der Waals surface area contributed by atoms with E-state index in [4.69, 9.17) is 9.47 Å². The van der Waals surface area contributed by atoms with E-state index >= 15 is 0 Å². The summed E-state index contributed by atoms with van der Waals surface area (Å²) in [5.41, 5.74) is 3.21. The predicted octanol–water partition coefficient (Wildman–Crippen LogP) is 3.87. The van der Waals surface area contributed by atoms with Gasteiger partial charge in [-0.1, -0.05) is 12.1 Å². The molecule has 2 N–H and O–H groups in total. The molecule has 0 atom stereocenters. The molecule has 10 heteroatoms. The van der Waals surface area contributed by atoms with E-state index in [-0.39, 0.29) is 11.8 Å². The standard InChI is InChI=1S/C32H38FN5O4/c1-41-30-6-3-2-5-29(30)38-17-15-37(16-18-38)28-12-11-26(35-31(39)24-7-9-25(33)10-8-24)23-27(28)32(40)34-13-4-14-36-19-21-42-22-20-36/h2-3,5-12,23H,4,13-22H2,1H3,(H,34,40)(H,35,39). The van der Waals surface area contributed by atoms with Crippen molar-refractivity contribution in [2.24, 2.45) is 0 Å². The SMILES string of the molecule is COc1ccccc1N1CCN(c2ccc(NC(=O)c3ccc(F)cc3)cc2C(=O)NCCCN2CCOCC2)CC1. The maximum atomic E-state index is 13.5. The Labute approximate surface area is 246 Å². The van der Waals surface area contributed by atoms with Gasteiger partial charge in [0.1, 0.15) is 11.6 Å². The lowest BCUT2D eigenvalue weighted by Crippen LogP contribution is -2.47. The van der Waals surface area contributed by atoms with Crippen molar-refractivity contribution in [2.45, 2.75) is 6.42 Å². The number of para-hydroxylation sites is 2. The number of anilines is 3. The molecule has 0 radical (unpaired) electrons. The van der Waals surface area contributed by atoms with Crippen LogP contribution in [0.1, 0.15) is 27.1 Å². The maximum Gasteiger partial charge on any atom is 0.255 e. The van der Waals surface area contributed by atoms with Crippen molar-refractivity contribution in [3.8, 4) is 5.75 Å². The Balaban J connectivity index is 1.29. The van der Waals surface area contributed by atoms with Gasteiger partial charge in [0.25, 0.3) is 11.8 Å². The number of carbonyl (C=O) groups excluding carboxylic acids is 2. The fraction of sp³-hybridized carbons (Fsp3) is 0.375. The number of amides is 2.